The van der Waals surface area contributed by atoms with E-state index in [4.69, 9.17) is 4.74 Å². The third-order valence-corrected chi connectivity index (χ3v) is 4.69. The van der Waals surface area contributed by atoms with Crippen molar-refractivity contribution in [2.24, 2.45) is 0 Å². The van der Waals surface area contributed by atoms with Crippen LogP contribution in [0.3, 0.4) is 0 Å². The van der Waals surface area contributed by atoms with E-state index in [0.29, 0.717) is 23.7 Å². The van der Waals surface area contributed by atoms with Crippen LogP contribution in [0.2, 0.25) is 0 Å². The van der Waals surface area contributed by atoms with E-state index in [0.717, 1.165) is 12.0 Å². The molecule has 0 saturated heterocycles. The minimum Gasteiger partial charge on any atom is -0.491 e. The maximum atomic E-state index is 14.5. The van der Waals surface area contributed by atoms with Crippen molar-refractivity contribution in [3.8, 4) is 5.75 Å². The number of hydrogen-bond donors (Lipinski definition) is 0. The molecule has 1 atom stereocenters. The Morgan fingerprint density at radius 2 is 1.68 bits per heavy atom. The van der Waals surface area contributed by atoms with Crippen LogP contribution in [0.1, 0.15) is 42.0 Å². The van der Waals surface area contributed by atoms with Crippen LogP contribution in [0.25, 0.3) is 12.2 Å². The minimum atomic E-state index is -0.422. The summed E-state index contributed by atoms with van der Waals surface area (Å²) in [5, 5.41) is 0. The normalized spacial score (nSPS) is 12.3. The van der Waals surface area contributed by atoms with Crippen molar-refractivity contribution in [2.75, 3.05) is 6.61 Å². The molecular formula is C25H24F2O. The van der Waals surface area contributed by atoms with Gasteiger partial charge >= 0.3 is 0 Å². The van der Waals surface area contributed by atoms with Gasteiger partial charge in [-0.3, -0.25) is 0 Å². The van der Waals surface area contributed by atoms with E-state index in [1.54, 1.807) is 43.3 Å². The summed E-state index contributed by atoms with van der Waals surface area (Å²) in [4.78, 5) is 0. The van der Waals surface area contributed by atoms with Gasteiger partial charge in [0.2, 0.25) is 0 Å². The Bertz CT molecular complexity index is 948. The molecule has 0 radical (unpaired) electrons. The molecule has 0 bridgehead atoms. The largest absolute Gasteiger partial charge is 0.491 e. The third-order valence-electron chi connectivity index (χ3n) is 4.69. The van der Waals surface area contributed by atoms with Crippen molar-refractivity contribution in [3.63, 3.8) is 0 Å². The molecule has 3 aromatic carbocycles. The molecule has 0 N–H and O–H groups in total. The lowest BCUT2D eigenvalue weighted by Gasteiger charge is -2.12. The van der Waals surface area contributed by atoms with Crippen LogP contribution >= 0.6 is 0 Å². The minimum absolute atomic E-state index is 0.225. The van der Waals surface area contributed by atoms with Gasteiger partial charge in [-0.2, -0.15) is 0 Å². The first-order chi connectivity index (χ1) is 13.6. The van der Waals surface area contributed by atoms with Crippen LogP contribution in [-0.2, 0) is 6.42 Å². The summed E-state index contributed by atoms with van der Waals surface area (Å²) in [6, 6.07) is 20.2. The fourth-order valence-corrected chi connectivity index (χ4v) is 3.17. The van der Waals surface area contributed by atoms with Crippen LogP contribution < -0.4 is 4.74 Å². The molecule has 0 aliphatic heterocycles. The summed E-state index contributed by atoms with van der Waals surface area (Å²) < 4.78 is 33.6. The SMILES string of the molecule is CCOc1ccc(C=Cc2ccc(C[C@@H](C)c3ccccc3)cc2F)cc1F. The van der Waals surface area contributed by atoms with Crippen LogP contribution in [0, 0.1) is 11.6 Å². The first-order valence-corrected chi connectivity index (χ1v) is 9.50. The van der Waals surface area contributed by atoms with Crippen molar-refractivity contribution in [1.29, 1.82) is 0 Å². The van der Waals surface area contributed by atoms with Gasteiger partial charge in [0.05, 0.1) is 6.61 Å². The summed E-state index contributed by atoms with van der Waals surface area (Å²) in [5.74, 6) is -0.160. The zero-order valence-electron chi connectivity index (χ0n) is 16.2. The fourth-order valence-electron chi connectivity index (χ4n) is 3.17. The molecule has 1 nitrogen and oxygen atoms in total. The van der Waals surface area contributed by atoms with E-state index in [-0.39, 0.29) is 11.6 Å². The summed E-state index contributed by atoms with van der Waals surface area (Å²) in [6.07, 6.45) is 4.13. The van der Waals surface area contributed by atoms with Crippen molar-refractivity contribution in [3.05, 3.63) is 101 Å². The van der Waals surface area contributed by atoms with Crippen molar-refractivity contribution >= 4 is 12.2 Å². The molecule has 28 heavy (non-hydrogen) atoms. The molecule has 0 saturated carbocycles. The van der Waals surface area contributed by atoms with Gasteiger partial charge in [0.25, 0.3) is 0 Å². The van der Waals surface area contributed by atoms with Crippen LogP contribution in [0.5, 0.6) is 5.75 Å². The van der Waals surface area contributed by atoms with E-state index in [1.165, 1.54) is 11.6 Å². The first-order valence-electron chi connectivity index (χ1n) is 9.50. The maximum Gasteiger partial charge on any atom is 0.165 e. The quantitative estimate of drug-likeness (QED) is 0.407. The molecule has 0 amide bonds. The van der Waals surface area contributed by atoms with Crippen molar-refractivity contribution < 1.29 is 13.5 Å². The predicted molar refractivity (Wildman–Crippen MR) is 111 cm³/mol. The van der Waals surface area contributed by atoms with Gasteiger partial charge in [0.15, 0.2) is 11.6 Å². The summed E-state index contributed by atoms with van der Waals surface area (Å²) >= 11 is 0. The molecular weight excluding hydrogens is 354 g/mol. The molecule has 0 unspecified atom stereocenters. The first kappa shape index (κ1) is 19.8. The highest BCUT2D eigenvalue weighted by molar-refractivity contribution is 5.70. The van der Waals surface area contributed by atoms with Gasteiger partial charge in [-0.05, 0) is 54.2 Å². The zero-order chi connectivity index (χ0) is 19.9. The van der Waals surface area contributed by atoms with Gasteiger partial charge in [-0.1, -0.05) is 67.6 Å². The zero-order valence-corrected chi connectivity index (χ0v) is 16.2. The molecule has 3 heteroatoms. The molecule has 0 spiro atoms. The smallest absolute Gasteiger partial charge is 0.165 e. The molecule has 0 fully saturated rings. The van der Waals surface area contributed by atoms with Gasteiger partial charge < -0.3 is 4.74 Å². The summed E-state index contributed by atoms with van der Waals surface area (Å²) in [6.45, 7) is 4.36. The Morgan fingerprint density at radius 1 is 0.893 bits per heavy atom. The maximum absolute atomic E-state index is 14.5. The number of halogens is 2. The molecule has 0 aromatic heterocycles. The number of rotatable bonds is 7. The predicted octanol–water partition coefficient (Wildman–Crippen LogP) is 6.88. The lowest BCUT2D eigenvalue weighted by molar-refractivity contribution is 0.321. The lowest BCUT2D eigenvalue weighted by Crippen LogP contribution is -1.99. The van der Waals surface area contributed by atoms with E-state index < -0.39 is 5.82 Å². The summed E-state index contributed by atoms with van der Waals surface area (Å²) in [5.41, 5.74) is 3.33. The van der Waals surface area contributed by atoms with Crippen LogP contribution in [0.4, 0.5) is 8.78 Å². The molecule has 3 aromatic rings. The van der Waals surface area contributed by atoms with E-state index >= 15 is 0 Å². The molecule has 144 valence electrons. The van der Waals surface area contributed by atoms with E-state index in [2.05, 4.69) is 19.1 Å². The van der Waals surface area contributed by atoms with Gasteiger partial charge in [-0.15, -0.1) is 0 Å². The highest BCUT2D eigenvalue weighted by atomic mass is 19.1. The third kappa shape index (κ3) is 5.07. The second-order valence-electron chi connectivity index (χ2n) is 6.83. The molecule has 0 aliphatic rings. The average molecular weight is 378 g/mol. The number of benzene rings is 3. The Balaban J connectivity index is 1.70. The van der Waals surface area contributed by atoms with E-state index in [9.17, 15) is 8.78 Å². The molecule has 0 aliphatic carbocycles. The Kier molecular flexibility index (Phi) is 6.59. The highest BCUT2D eigenvalue weighted by Crippen LogP contribution is 2.23. The summed E-state index contributed by atoms with van der Waals surface area (Å²) in [7, 11) is 0. The average Bonchev–Trinajstić information content (AvgIpc) is 2.70. The van der Waals surface area contributed by atoms with Crippen molar-refractivity contribution in [1.82, 2.24) is 0 Å². The monoisotopic (exact) mass is 378 g/mol. The Labute approximate surface area is 165 Å². The van der Waals surface area contributed by atoms with Crippen molar-refractivity contribution in [2.45, 2.75) is 26.2 Å². The second kappa shape index (κ2) is 9.32. The van der Waals surface area contributed by atoms with Gasteiger partial charge in [0, 0.05) is 5.56 Å². The van der Waals surface area contributed by atoms with Gasteiger partial charge in [-0.25, -0.2) is 8.78 Å². The van der Waals surface area contributed by atoms with Gasteiger partial charge in [0.1, 0.15) is 5.82 Å². The van der Waals surface area contributed by atoms with Crippen LogP contribution in [-0.4, -0.2) is 6.61 Å². The standard InChI is InChI=1S/C25H24F2O/c1-3-28-25-14-11-19(16-24(25)27)9-12-22-13-10-20(17-23(22)26)15-18(2)21-7-5-4-6-8-21/h4-14,16-18H,3,15H2,1-2H3/t18-/m1/s1. The molecule has 0 heterocycles. The topological polar surface area (TPSA) is 9.23 Å². The van der Waals surface area contributed by atoms with E-state index in [1.807, 2.05) is 24.3 Å². The van der Waals surface area contributed by atoms with Crippen LogP contribution in [0.15, 0.2) is 66.7 Å². The highest BCUT2D eigenvalue weighted by Gasteiger charge is 2.08. The Hall–Kier alpha value is -2.94. The fraction of sp³-hybridized carbons (Fsp3) is 0.200. The second-order valence-corrected chi connectivity index (χ2v) is 6.83. The number of hydrogen-bond acceptors (Lipinski definition) is 1. The lowest BCUT2D eigenvalue weighted by atomic mass is 9.93. The Morgan fingerprint density at radius 3 is 2.36 bits per heavy atom. The molecule has 3 rings (SSSR count). The number of ether oxygens (including phenoxy) is 1.